The van der Waals surface area contributed by atoms with E-state index in [4.69, 9.17) is 0 Å². The molecule has 3 unspecified atom stereocenters. The second-order valence-electron chi connectivity index (χ2n) is 4.91. The van der Waals surface area contributed by atoms with E-state index >= 15 is 0 Å². The van der Waals surface area contributed by atoms with Crippen LogP contribution in [-0.4, -0.2) is 14.9 Å². The number of hydrogen-bond acceptors (Lipinski definition) is 2. The summed E-state index contributed by atoms with van der Waals surface area (Å²) in [6.45, 7) is 2.94. The Balaban J connectivity index is 1.72. The van der Waals surface area contributed by atoms with Crippen LogP contribution in [0, 0.1) is 17.8 Å². The highest BCUT2D eigenvalue weighted by Crippen LogP contribution is 2.62. The summed E-state index contributed by atoms with van der Waals surface area (Å²) in [6.07, 6.45) is 7.57. The van der Waals surface area contributed by atoms with E-state index in [1.165, 1.54) is 19.3 Å². The maximum absolute atomic E-state index is 10.2. The van der Waals surface area contributed by atoms with Gasteiger partial charge < -0.3 is 5.11 Å². The molecule has 2 fully saturated rings. The van der Waals surface area contributed by atoms with Crippen molar-refractivity contribution in [1.82, 2.24) is 9.78 Å². The van der Waals surface area contributed by atoms with Crippen LogP contribution in [-0.2, 0) is 6.54 Å². The van der Waals surface area contributed by atoms with E-state index in [1.807, 2.05) is 17.1 Å². The summed E-state index contributed by atoms with van der Waals surface area (Å²) in [5.74, 6) is 2.16. The Morgan fingerprint density at radius 1 is 1.53 bits per heavy atom. The standard InChI is InChI=1S/C12H18N2O/c1-2-14-7-8(6-13-14)12(15)11-9-4-3-5-10(9)11/h6-7,9-12,15H,2-5H2,1H3. The molecule has 82 valence electrons. The van der Waals surface area contributed by atoms with Crippen LogP contribution < -0.4 is 0 Å². The van der Waals surface area contributed by atoms with Crippen LogP contribution in [0.5, 0.6) is 0 Å². The van der Waals surface area contributed by atoms with E-state index in [0.717, 1.165) is 23.9 Å². The van der Waals surface area contributed by atoms with E-state index in [0.29, 0.717) is 5.92 Å². The molecule has 15 heavy (non-hydrogen) atoms. The highest BCUT2D eigenvalue weighted by Gasteiger charge is 2.56. The molecule has 0 bridgehead atoms. The first-order chi connectivity index (χ1) is 7.31. The van der Waals surface area contributed by atoms with Crippen LogP contribution >= 0.6 is 0 Å². The van der Waals surface area contributed by atoms with Crippen molar-refractivity contribution in [2.75, 3.05) is 0 Å². The summed E-state index contributed by atoms with van der Waals surface area (Å²) in [5.41, 5.74) is 1.01. The molecule has 3 heteroatoms. The summed E-state index contributed by atoms with van der Waals surface area (Å²) < 4.78 is 1.89. The van der Waals surface area contributed by atoms with Crippen LogP contribution in [0.25, 0.3) is 0 Å². The lowest BCUT2D eigenvalue weighted by atomic mass is 10.0. The Hall–Kier alpha value is -0.830. The Bertz CT molecular complexity index is 350. The number of nitrogens with zero attached hydrogens (tertiary/aromatic N) is 2. The number of rotatable bonds is 3. The third-order valence-electron chi connectivity index (χ3n) is 4.16. The minimum Gasteiger partial charge on any atom is -0.388 e. The fourth-order valence-corrected chi connectivity index (χ4v) is 3.27. The minimum absolute atomic E-state index is 0.263. The second kappa shape index (κ2) is 3.34. The fourth-order valence-electron chi connectivity index (χ4n) is 3.27. The van der Waals surface area contributed by atoms with E-state index in [9.17, 15) is 5.11 Å². The predicted molar refractivity (Wildman–Crippen MR) is 57.2 cm³/mol. The highest BCUT2D eigenvalue weighted by molar-refractivity contribution is 5.16. The van der Waals surface area contributed by atoms with Gasteiger partial charge in [0.05, 0.1) is 12.3 Å². The van der Waals surface area contributed by atoms with Crippen molar-refractivity contribution in [2.45, 2.75) is 38.8 Å². The molecule has 0 spiro atoms. The topological polar surface area (TPSA) is 38.0 Å². The van der Waals surface area contributed by atoms with Gasteiger partial charge in [0.25, 0.3) is 0 Å². The van der Waals surface area contributed by atoms with Crippen molar-refractivity contribution in [2.24, 2.45) is 17.8 Å². The number of aromatic nitrogens is 2. The molecule has 3 nitrogen and oxygen atoms in total. The molecule has 3 rings (SSSR count). The van der Waals surface area contributed by atoms with Crippen molar-refractivity contribution >= 4 is 0 Å². The quantitative estimate of drug-likeness (QED) is 0.821. The summed E-state index contributed by atoms with van der Waals surface area (Å²) in [7, 11) is 0. The van der Waals surface area contributed by atoms with Crippen LogP contribution in [0.4, 0.5) is 0 Å². The first kappa shape index (κ1) is 9.40. The van der Waals surface area contributed by atoms with Gasteiger partial charge in [-0.15, -0.1) is 0 Å². The third-order valence-corrected chi connectivity index (χ3v) is 4.16. The lowest BCUT2D eigenvalue weighted by Gasteiger charge is -2.09. The van der Waals surface area contributed by atoms with Crippen molar-refractivity contribution < 1.29 is 5.11 Å². The normalized spacial score (nSPS) is 35.2. The zero-order chi connectivity index (χ0) is 10.4. The van der Waals surface area contributed by atoms with Gasteiger partial charge in [-0.3, -0.25) is 4.68 Å². The van der Waals surface area contributed by atoms with Crippen molar-refractivity contribution in [1.29, 1.82) is 0 Å². The van der Waals surface area contributed by atoms with E-state index in [-0.39, 0.29) is 6.10 Å². The molecular formula is C12H18N2O. The molecule has 0 saturated heterocycles. The first-order valence-corrected chi connectivity index (χ1v) is 6.01. The van der Waals surface area contributed by atoms with Gasteiger partial charge in [0.2, 0.25) is 0 Å². The molecule has 1 aromatic rings. The van der Waals surface area contributed by atoms with Gasteiger partial charge in [-0.25, -0.2) is 0 Å². The summed E-state index contributed by atoms with van der Waals surface area (Å²) in [6, 6.07) is 0. The van der Waals surface area contributed by atoms with E-state index in [2.05, 4.69) is 12.0 Å². The maximum atomic E-state index is 10.2. The van der Waals surface area contributed by atoms with Gasteiger partial charge in [-0.2, -0.15) is 5.10 Å². The zero-order valence-electron chi connectivity index (χ0n) is 9.13. The minimum atomic E-state index is -0.263. The van der Waals surface area contributed by atoms with E-state index in [1.54, 1.807) is 0 Å². The molecule has 0 radical (unpaired) electrons. The van der Waals surface area contributed by atoms with Crippen molar-refractivity contribution in [3.05, 3.63) is 18.0 Å². The SMILES string of the molecule is CCn1cc(C(O)C2C3CCCC32)cn1. The Morgan fingerprint density at radius 2 is 2.27 bits per heavy atom. The second-order valence-corrected chi connectivity index (χ2v) is 4.91. The lowest BCUT2D eigenvalue weighted by molar-refractivity contribution is 0.137. The highest BCUT2D eigenvalue weighted by atomic mass is 16.3. The van der Waals surface area contributed by atoms with Gasteiger partial charge in [-0.05, 0) is 37.5 Å². The van der Waals surface area contributed by atoms with Gasteiger partial charge in [-0.1, -0.05) is 6.42 Å². The molecular weight excluding hydrogens is 188 g/mol. The van der Waals surface area contributed by atoms with Crippen LogP contribution in [0.2, 0.25) is 0 Å². The molecule has 1 N–H and O–H groups in total. The predicted octanol–water partition coefficient (Wildman–Crippen LogP) is 1.98. The van der Waals surface area contributed by atoms with Crippen LogP contribution in [0.3, 0.4) is 0 Å². The van der Waals surface area contributed by atoms with Crippen LogP contribution in [0.1, 0.15) is 37.9 Å². The monoisotopic (exact) mass is 206 g/mol. The van der Waals surface area contributed by atoms with Gasteiger partial charge in [0, 0.05) is 18.3 Å². The zero-order valence-corrected chi connectivity index (χ0v) is 9.13. The maximum Gasteiger partial charge on any atom is 0.0854 e. The molecule has 0 aromatic carbocycles. The summed E-state index contributed by atoms with van der Waals surface area (Å²) >= 11 is 0. The van der Waals surface area contributed by atoms with Crippen molar-refractivity contribution in [3.8, 4) is 0 Å². The van der Waals surface area contributed by atoms with Gasteiger partial charge in [0.15, 0.2) is 0 Å². The largest absolute Gasteiger partial charge is 0.388 e. The summed E-state index contributed by atoms with van der Waals surface area (Å²) in [4.78, 5) is 0. The third kappa shape index (κ3) is 1.41. The van der Waals surface area contributed by atoms with Crippen LogP contribution in [0.15, 0.2) is 12.4 Å². The molecule has 2 aliphatic rings. The average Bonchev–Trinajstić information content (AvgIpc) is 2.73. The first-order valence-electron chi connectivity index (χ1n) is 6.01. The number of aliphatic hydroxyl groups is 1. The Labute approximate surface area is 90.1 Å². The summed E-state index contributed by atoms with van der Waals surface area (Å²) in [5, 5.41) is 14.4. The number of aryl methyl sites for hydroxylation is 1. The smallest absolute Gasteiger partial charge is 0.0854 e. The van der Waals surface area contributed by atoms with Crippen molar-refractivity contribution in [3.63, 3.8) is 0 Å². The molecule has 3 atom stereocenters. The number of aliphatic hydroxyl groups excluding tert-OH is 1. The Kier molecular flexibility index (Phi) is 2.09. The molecule has 1 heterocycles. The molecule has 2 saturated carbocycles. The average molecular weight is 206 g/mol. The molecule has 0 aliphatic heterocycles. The number of hydrogen-bond donors (Lipinski definition) is 1. The molecule has 0 amide bonds. The molecule has 1 aromatic heterocycles. The van der Waals surface area contributed by atoms with E-state index < -0.39 is 0 Å². The Morgan fingerprint density at radius 3 is 2.87 bits per heavy atom. The fraction of sp³-hybridized carbons (Fsp3) is 0.750. The van der Waals surface area contributed by atoms with Gasteiger partial charge >= 0.3 is 0 Å². The number of fused-ring (bicyclic) bond motifs is 1. The molecule has 2 aliphatic carbocycles. The lowest BCUT2D eigenvalue weighted by Crippen LogP contribution is -2.03. The van der Waals surface area contributed by atoms with Gasteiger partial charge in [0.1, 0.15) is 0 Å².